The predicted octanol–water partition coefficient (Wildman–Crippen LogP) is 2.17. The van der Waals surface area contributed by atoms with Gasteiger partial charge in [0.05, 0.1) is 0 Å². The molecule has 0 saturated carbocycles. The van der Waals surface area contributed by atoms with E-state index in [1.165, 1.54) is 42.4 Å². The fourth-order valence-corrected chi connectivity index (χ4v) is 2.57. The molecule has 1 aromatic rings. The number of carbonyl (C=O) groups is 1. The van der Waals surface area contributed by atoms with Crippen molar-refractivity contribution < 1.29 is 4.79 Å². The van der Waals surface area contributed by atoms with Crippen molar-refractivity contribution in [3.8, 4) is 0 Å². The van der Waals surface area contributed by atoms with Gasteiger partial charge in [-0.05, 0) is 54.8 Å². The van der Waals surface area contributed by atoms with Gasteiger partial charge >= 0.3 is 0 Å². The van der Waals surface area contributed by atoms with Crippen molar-refractivity contribution in [1.29, 1.82) is 0 Å². The van der Waals surface area contributed by atoms with Crippen molar-refractivity contribution in [2.75, 3.05) is 6.54 Å². The highest BCUT2D eigenvalue weighted by Crippen LogP contribution is 2.22. The van der Waals surface area contributed by atoms with Crippen molar-refractivity contribution in [2.45, 2.75) is 45.6 Å². The smallest absolute Gasteiger partial charge is 0.220 e. The zero-order chi connectivity index (χ0) is 13.7. The molecule has 19 heavy (non-hydrogen) atoms. The summed E-state index contributed by atoms with van der Waals surface area (Å²) in [4.78, 5) is 11.7. The van der Waals surface area contributed by atoms with Crippen LogP contribution in [-0.2, 0) is 24.2 Å². The quantitative estimate of drug-likeness (QED) is 0.852. The number of fused-ring (bicyclic) bond motifs is 1. The second-order valence-electron chi connectivity index (χ2n) is 5.63. The summed E-state index contributed by atoms with van der Waals surface area (Å²) in [6.07, 6.45) is 5.50. The lowest BCUT2D eigenvalue weighted by atomic mass is 9.90. The molecule has 0 saturated heterocycles. The number of nitrogens with one attached hydrogen (secondary N) is 1. The van der Waals surface area contributed by atoms with E-state index in [0.717, 1.165) is 0 Å². The molecule has 0 aliphatic heterocycles. The van der Waals surface area contributed by atoms with Crippen LogP contribution in [0.25, 0.3) is 0 Å². The summed E-state index contributed by atoms with van der Waals surface area (Å²) >= 11 is 0. The average molecular weight is 260 g/mol. The molecule has 1 unspecified atom stereocenters. The van der Waals surface area contributed by atoms with Gasteiger partial charge in [0.1, 0.15) is 0 Å². The van der Waals surface area contributed by atoms with Crippen molar-refractivity contribution in [2.24, 2.45) is 11.7 Å². The minimum Gasteiger partial charge on any atom is -0.352 e. The van der Waals surface area contributed by atoms with E-state index in [4.69, 9.17) is 5.73 Å². The van der Waals surface area contributed by atoms with Gasteiger partial charge in [-0.2, -0.15) is 0 Å². The molecule has 0 radical (unpaired) electrons. The van der Waals surface area contributed by atoms with Gasteiger partial charge in [0.2, 0.25) is 5.91 Å². The molecule has 3 heteroatoms. The molecule has 0 aromatic heterocycles. The highest BCUT2D eigenvalue weighted by atomic mass is 16.1. The lowest BCUT2D eigenvalue weighted by Gasteiger charge is -2.17. The Morgan fingerprint density at radius 3 is 2.79 bits per heavy atom. The van der Waals surface area contributed by atoms with Gasteiger partial charge in [0.15, 0.2) is 0 Å². The molecule has 104 valence electrons. The molecule has 1 aliphatic carbocycles. The average Bonchev–Trinajstić information content (AvgIpc) is 2.44. The molecule has 0 heterocycles. The Hall–Kier alpha value is -1.35. The first-order chi connectivity index (χ1) is 9.19. The summed E-state index contributed by atoms with van der Waals surface area (Å²) in [5.74, 6) is 0.346. The molecule has 1 aliphatic rings. The lowest BCUT2D eigenvalue weighted by Crippen LogP contribution is -2.26. The third-order valence-electron chi connectivity index (χ3n) is 3.84. The Kier molecular flexibility index (Phi) is 4.97. The second kappa shape index (κ2) is 6.71. The van der Waals surface area contributed by atoms with Crippen LogP contribution in [-0.4, -0.2) is 12.5 Å². The van der Waals surface area contributed by atoms with Gasteiger partial charge in [-0.1, -0.05) is 25.1 Å². The highest BCUT2D eigenvalue weighted by Gasteiger charge is 2.10. The first-order valence-electron chi connectivity index (χ1n) is 7.26. The Morgan fingerprint density at radius 2 is 2.05 bits per heavy atom. The zero-order valence-corrected chi connectivity index (χ0v) is 11.7. The largest absolute Gasteiger partial charge is 0.352 e. The highest BCUT2D eigenvalue weighted by molar-refractivity contribution is 5.76. The van der Waals surface area contributed by atoms with E-state index >= 15 is 0 Å². The van der Waals surface area contributed by atoms with Crippen molar-refractivity contribution in [3.63, 3.8) is 0 Å². The third-order valence-corrected chi connectivity index (χ3v) is 3.84. The van der Waals surface area contributed by atoms with Gasteiger partial charge in [0.25, 0.3) is 0 Å². The van der Waals surface area contributed by atoms with E-state index < -0.39 is 0 Å². The number of benzene rings is 1. The zero-order valence-electron chi connectivity index (χ0n) is 11.7. The molecule has 3 N–H and O–H groups in total. The van der Waals surface area contributed by atoms with Crippen LogP contribution < -0.4 is 11.1 Å². The summed E-state index contributed by atoms with van der Waals surface area (Å²) in [6, 6.07) is 6.61. The maximum atomic E-state index is 11.7. The summed E-state index contributed by atoms with van der Waals surface area (Å²) in [7, 11) is 0. The number of carbonyl (C=O) groups excluding carboxylic acids is 1. The van der Waals surface area contributed by atoms with E-state index in [0.29, 0.717) is 19.5 Å². The van der Waals surface area contributed by atoms with Crippen LogP contribution in [0.15, 0.2) is 18.2 Å². The molecule has 0 fully saturated rings. The minimum atomic E-state index is 0.0932. The van der Waals surface area contributed by atoms with E-state index in [9.17, 15) is 4.79 Å². The summed E-state index contributed by atoms with van der Waals surface area (Å²) in [5, 5.41) is 2.98. The monoisotopic (exact) mass is 260 g/mol. The Balaban J connectivity index is 1.87. The van der Waals surface area contributed by atoms with Crippen molar-refractivity contribution in [1.82, 2.24) is 5.32 Å². The van der Waals surface area contributed by atoms with Crippen molar-refractivity contribution >= 4 is 5.91 Å². The van der Waals surface area contributed by atoms with E-state index in [1.807, 2.05) is 6.92 Å². The summed E-state index contributed by atoms with van der Waals surface area (Å²) in [5.41, 5.74) is 9.68. The summed E-state index contributed by atoms with van der Waals surface area (Å²) in [6.45, 7) is 3.19. The lowest BCUT2D eigenvalue weighted by molar-refractivity contribution is -0.122. The fourth-order valence-electron chi connectivity index (χ4n) is 2.57. The van der Waals surface area contributed by atoms with Crippen LogP contribution in [0, 0.1) is 5.92 Å². The minimum absolute atomic E-state index is 0.0932. The SMILES string of the molecule is CC(CN)CC(=O)NCc1ccc2c(c1)CCCC2. The first kappa shape index (κ1) is 14.1. The van der Waals surface area contributed by atoms with Gasteiger partial charge in [-0.15, -0.1) is 0 Å². The summed E-state index contributed by atoms with van der Waals surface area (Å²) < 4.78 is 0. The van der Waals surface area contributed by atoms with Crippen molar-refractivity contribution in [3.05, 3.63) is 34.9 Å². The molecular formula is C16H24N2O. The van der Waals surface area contributed by atoms with Crippen LogP contribution in [0.5, 0.6) is 0 Å². The molecule has 1 amide bonds. The topological polar surface area (TPSA) is 55.1 Å². The van der Waals surface area contributed by atoms with Gasteiger partial charge < -0.3 is 11.1 Å². The standard InChI is InChI=1S/C16H24N2O/c1-12(10-17)8-16(19)18-11-13-6-7-14-4-2-3-5-15(14)9-13/h6-7,9,12H,2-5,8,10-11,17H2,1H3,(H,18,19). The molecule has 0 spiro atoms. The van der Waals surface area contributed by atoms with Gasteiger partial charge in [0, 0.05) is 13.0 Å². The Morgan fingerprint density at radius 1 is 1.32 bits per heavy atom. The normalized spacial score (nSPS) is 15.7. The molecule has 1 aromatic carbocycles. The van der Waals surface area contributed by atoms with E-state index in [-0.39, 0.29) is 11.8 Å². The number of nitrogens with two attached hydrogens (primary N) is 1. The van der Waals surface area contributed by atoms with Crippen LogP contribution >= 0.6 is 0 Å². The number of hydrogen-bond donors (Lipinski definition) is 2. The molecule has 1 atom stereocenters. The maximum Gasteiger partial charge on any atom is 0.220 e. The van der Waals surface area contributed by atoms with E-state index in [1.54, 1.807) is 0 Å². The maximum absolute atomic E-state index is 11.7. The molecule has 3 nitrogen and oxygen atoms in total. The Labute approximate surface area is 115 Å². The van der Waals surface area contributed by atoms with Crippen LogP contribution in [0.3, 0.4) is 0 Å². The fraction of sp³-hybridized carbons (Fsp3) is 0.562. The first-order valence-corrected chi connectivity index (χ1v) is 7.26. The molecule has 2 rings (SSSR count). The third kappa shape index (κ3) is 4.06. The molecule has 0 bridgehead atoms. The number of hydrogen-bond acceptors (Lipinski definition) is 2. The number of rotatable bonds is 5. The van der Waals surface area contributed by atoms with Crippen LogP contribution in [0.4, 0.5) is 0 Å². The van der Waals surface area contributed by atoms with E-state index in [2.05, 4.69) is 23.5 Å². The second-order valence-corrected chi connectivity index (χ2v) is 5.63. The van der Waals surface area contributed by atoms with Gasteiger partial charge in [-0.3, -0.25) is 4.79 Å². The number of amides is 1. The predicted molar refractivity (Wildman–Crippen MR) is 77.8 cm³/mol. The Bertz CT molecular complexity index is 442. The van der Waals surface area contributed by atoms with Crippen LogP contribution in [0.1, 0.15) is 42.9 Å². The molecular weight excluding hydrogens is 236 g/mol. The van der Waals surface area contributed by atoms with Gasteiger partial charge in [-0.25, -0.2) is 0 Å². The van der Waals surface area contributed by atoms with Crippen LogP contribution in [0.2, 0.25) is 0 Å². The number of aryl methyl sites for hydroxylation is 2.